The molecule has 0 aromatic carbocycles. The van der Waals surface area contributed by atoms with Gasteiger partial charge in [0.15, 0.2) is 0 Å². The third-order valence-corrected chi connectivity index (χ3v) is 2.66. The van der Waals surface area contributed by atoms with Crippen LogP contribution >= 0.6 is 0 Å². The summed E-state index contributed by atoms with van der Waals surface area (Å²) < 4.78 is 0. The van der Waals surface area contributed by atoms with Gasteiger partial charge in [-0.15, -0.1) is 0 Å². The first-order chi connectivity index (χ1) is 7.16. The topological polar surface area (TPSA) is 62.2 Å². The van der Waals surface area contributed by atoms with E-state index in [9.17, 15) is 4.79 Å². The summed E-state index contributed by atoms with van der Waals surface area (Å²) in [5, 5.41) is 12.0. The van der Waals surface area contributed by atoms with Gasteiger partial charge in [0.25, 0.3) is 0 Å². The van der Waals surface area contributed by atoms with E-state index in [1.54, 1.807) is 0 Å². The molecule has 0 saturated heterocycles. The van der Waals surface area contributed by atoms with Crippen molar-refractivity contribution in [1.82, 2.24) is 10.3 Å². The Labute approximate surface area is 88.3 Å². The number of hydrogen-bond acceptors (Lipinski definition) is 3. The fraction of sp³-hybridized carbons (Fsp3) is 0.455. The molecule has 1 aliphatic rings. The van der Waals surface area contributed by atoms with Crippen LogP contribution in [0.5, 0.6) is 0 Å². The van der Waals surface area contributed by atoms with Gasteiger partial charge >= 0.3 is 5.97 Å². The van der Waals surface area contributed by atoms with E-state index < -0.39 is 5.97 Å². The van der Waals surface area contributed by atoms with E-state index in [4.69, 9.17) is 5.11 Å². The lowest BCUT2D eigenvalue weighted by atomic mass is 9.96. The van der Waals surface area contributed by atoms with Gasteiger partial charge in [-0.2, -0.15) is 0 Å². The van der Waals surface area contributed by atoms with Crippen molar-refractivity contribution in [3.8, 4) is 0 Å². The number of carbonyl (C=O) groups is 1. The molecular formula is C11H14N2O2. The highest BCUT2D eigenvalue weighted by Crippen LogP contribution is 2.24. The average molecular weight is 206 g/mol. The Morgan fingerprint density at radius 3 is 3.20 bits per heavy atom. The molecule has 1 aromatic rings. The Morgan fingerprint density at radius 1 is 1.67 bits per heavy atom. The summed E-state index contributed by atoms with van der Waals surface area (Å²) >= 11 is 0. The summed E-state index contributed by atoms with van der Waals surface area (Å²) in [7, 11) is 0. The van der Waals surface area contributed by atoms with Crippen molar-refractivity contribution < 1.29 is 9.90 Å². The Bertz CT molecular complexity index is 390. The summed E-state index contributed by atoms with van der Waals surface area (Å²) in [6.45, 7) is 2.76. The molecule has 4 heteroatoms. The zero-order chi connectivity index (χ0) is 10.8. The molecular weight excluding hydrogens is 192 g/mol. The molecule has 0 aliphatic carbocycles. The van der Waals surface area contributed by atoms with E-state index in [1.807, 2.05) is 19.1 Å². The number of aryl methyl sites for hydroxylation is 1. The van der Waals surface area contributed by atoms with Crippen LogP contribution in [0, 0.1) is 6.92 Å². The monoisotopic (exact) mass is 206 g/mol. The Kier molecular flexibility index (Phi) is 2.68. The summed E-state index contributed by atoms with van der Waals surface area (Å²) in [4.78, 5) is 15.1. The van der Waals surface area contributed by atoms with Crippen molar-refractivity contribution in [1.29, 1.82) is 0 Å². The van der Waals surface area contributed by atoms with Gasteiger partial charge in [0.2, 0.25) is 0 Å². The minimum absolute atomic E-state index is 0.0839. The van der Waals surface area contributed by atoms with Gasteiger partial charge < -0.3 is 10.4 Å². The van der Waals surface area contributed by atoms with Crippen molar-refractivity contribution in [2.75, 3.05) is 6.54 Å². The average Bonchev–Trinajstić information content (AvgIpc) is 2.16. The molecule has 2 rings (SSSR count). The molecule has 1 aliphatic heterocycles. The smallest absolute Gasteiger partial charge is 0.305 e. The SMILES string of the molecule is Cc1ccc2c(n1)CCNC2CC(=O)O. The lowest BCUT2D eigenvalue weighted by Gasteiger charge is -2.25. The Hall–Kier alpha value is -1.42. The molecule has 1 aromatic heterocycles. The number of pyridine rings is 1. The molecule has 0 bridgehead atoms. The molecule has 4 nitrogen and oxygen atoms in total. The first-order valence-electron chi connectivity index (χ1n) is 5.08. The van der Waals surface area contributed by atoms with Gasteiger partial charge in [-0.3, -0.25) is 9.78 Å². The molecule has 2 N–H and O–H groups in total. The number of fused-ring (bicyclic) bond motifs is 1. The zero-order valence-corrected chi connectivity index (χ0v) is 8.66. The summed E-state index contributed by atoms with van der Waals surface area (Å²) in [6, 6.07) is 3.83. The van der Waals surface area contributed by atoms with Crippen molar-refractivity contribution in [3.63, 3.8) is 0 Å². The molecule has 2 heterocycles. The molecule has 0 spiro atoms. The number of aliphatic carboxylic acids is 1. The van der Waals surface area contributed by atoms with E-state index in [2.05, 4.69) is 10.3 Å². The van der Waals surface area contributed by atoms with Crippen LogP contribution in [0.3, 0.4) is 0 Å². The highest BCUT2D eigenvalue weighted by atomic mass is 16.4. The van der Waals surface area contributed by atoms with Crippen LogP contribution in [0.15, 0.2) is 12.1 Å². The number of nitrogens with zero attached hydrogens (tertiary/aromatic N) is 1. The first-order valence-corrected chi connectivity index (χ1v) is 5.08. The maximum absolute atomic E-state index is 10.7. The summed E-state index contributed by atoms with van der Waals surface area (Å²) in [5.41, 5.74) is 3.07. The molecule has 1 atom stereocenters. The second-order valence-corrected chi connectivity index (χ2v) is 3.84. The quantitative estimate of drug-likeness (QED) is 0.759. The van der Waals surface area contributed by atoms with Gasteiger partial charge in [0, 0.05) is 30.4 Å². The second kappa shape index (κ2) is 3.98. The van der Waals surface area contributed by atoms with E-state index in [1.165, 1.54) is 0 Å². The molecule has 0 saturated carbocycles. The Balaban J connectivity index is 2.30. The molecule has 1 unspecified atom stereocenters. The van der Waals surface area contributed by atoms with Crippen LogP contribution in [0.4, 0.5) is 0 Å². The third kappa shape index (κ3) is 2.15. The van der Waals surface area contributed by atoms with E-state index >= 15 is 0 Å². The fourth-order valence-corrected chi connectivity index (χ4v) is 1.97. The number of hydrogen-bond donors (Lipinski definition) is 2. The van der Waals surface area contributed by atoms with Crippen molar-refractivity contribution in [3.05, 3.63) is 29.1 Å². The number of carboxylic acid groups (broad SMARTS) is 1. The zero-order valence-electron chi connectivity index (χ0n) is 8.66. The van der Waals surface area contributed by atoms with Gasteiger partial charge in [0.05, 0.1) is 6.42 Å². The highest BCUT2D eigenvalue weighted by Gasteiger charge is 2.22. The number of aromatic nitrogens is 1. The van der Waals surface area contributed by atoms with E-state index in [0.29, 0.717) is 0 Å². The van der Waals surface area contributed by atoms with Crippen LogP contribution in [-0.2, 0) is 11.2 Å². The predicted octanol–water partition coefficient (Wildman–Crippen LogP) is 1.05. The first kappa shape index (κ1) is 10.1. The Morgan fingerprint density at radius 2 is 2.47 bits per heavy atom. The second-order valence-electron chi connectivity index (χ2n) is 3.84. The molecule has 15 heavy (non-hydrogen) atoms. The van der Waals surface area contributed by atoms with Crippen LogP contribution in [0.1, 0.15) is 29.4 Å². The minimum Gasteiger partial charge on any atom is -0.481 e. The minimum atomic E-state index is -0.777. The molecule has 0 amide bonds. The van der Waals surface area contributed by atoms with Crippen molar-refractivity contribution in [2.24, 2.45) is 0 Å². The van der Waals surface area contributed by atoms with Crippen molar-refractivity contribution in [2.45, 2.75) is 25.8 Å². The van der Waals surface area contributed by atoms with Gasteiger partial charge in [-0.1, -0.05) is 6.07 Å². The predicted molar refractivity (Wildman–Crippen MR) is 55.7 cm³/mol. The van der Waals surface area contributed by atoms with Gasteiger partial charge in [-0.25, -0.2) is 0 Å². The van der Waals surface area contributed by atoms with Crippen LogP contribution in [-0.4, -0.2) is 22.6 Å². The van der Waals surface area contributed by atoms with Crippen LogP contribution < -0.4 is 5.32 Å². The molecule has 0 radical (unpaired) electrons. The third-order valence-electron chi connectivity index (χ3n) is 2.66. The number of carboxylic acids is 1. The molecule has 0 fully saturated rings. The standard InChI is InChI=1S/C11H14N2O2/c1-7-2-3-8-9(13-7)4-5-12-10(8)6-11(14)15/h2-3,10,12H,4-6H2,1H3,(H,14,15). The number of rotatable bonds is 2. The maximum atomic E-state index is 10.7. The highest BCUT2D eigenvalue weighted by molar-refractivity contribution is 5.68. The van der Waals surface area contributed by atoms with Gasteiger partial charge in [0.1, 0.15) is 0 Å². The largest absolute Gasteiger partial charge is 0.481 e. The summed E-state index contributed by atoms with van der Waals surface area (Å²) in [5.74, 6) is -0.777. The van der Waals surface area contributed by atoms with E-state index in [-0.39, 0.29) is 12.5 Å². The van der Waals surface area contributed by atoms with Crippen LogP contribution in [0.2, 0.25) is 0 Å². The van der Waals surface area contributed by atoms with Crippen molar-refractivity contribution >= 4 is 5.97 Å². The number of nitrogens with one attached hydrogen (secondary N) is 1. The molecule has 80 valence electrons. The van der Waals surface area contributed by atoms with Gasteiger partial charge in [-0.05, 0) is 18.6 Å². The fourth-order valence-electron chi connectivity index (χ4n) is 1.97. The summed E-state index contributed by atoms with van der Waals surface area (Å²) in [6.07, 6.45) is 1.00. The maximum Gasteiger partial charge on any atom is 0.305 e. The van der Waals surface area contributed by atoms with E-state index in [0.717, 1.165) is 29.9 Å². The van der Waals surface area contributed by atoms with Crippen LogP contribution in [0.25, 0.3) is 0 Å². The lowest BCUT2D eigenvalue weighted by molar-refractivity contribution is -0.137. The lowest BCUT2D eigenvalue weighted by Crippen LogP contribution is -2.32. The normalized spacial score (nSPS) is 19.7.